The minimum Gasteiger partial charge on any atom is -0.477 e. The van der Waals surface area contributed by atoms with Gasteiger partial charge in [-0.3, -0.25) is 4.79 Å². The highest BCUT2D eigenvalue weighted by molar-refractivity contribution is 7.89. The van der Waals surface area contributed by atoms with Crippen LogP contribution in [-0.2, 0) is 10.0 Å². The Balaban J connectivity index is 2.38. The number of hydrogen-bond acceptors (Lipinski definition) is 4. The SMILES string of the molecule is CCN(CC)S(=O)(=O)c1ccc(-c2ccc(C(=O)O)c(=O)[nH]2)cc1. The number of sulfonamides is 1. The van der Waals surface area contributed by atoms with Gasteiger partial charge in [-0.05, 0) is 29.8 Å². The molecule has 0 spiro atoms. The molecule has 0 bridgehead atoms. The summed E-state index contributed by atoms with van der Waals surface area (Å²) in [5.74, 6) is -1.30. The number of rotatable bonds is 6. The van der Waals surface area contributed by atoms with Crippen molar-refractivity contribution in [3.8, 4) is 11.3 Å². The first-order chi connectivity index (χ1) is 11.3. The summed E-state index contributed by atoms with van der Waals surface area (Å²) < 4.78 is 26.2. The van der Waals surface area contributed by atoms with E-state index in [1.807, 2.05) is 0 Å². The van der Waals surface area contributed by atoms with Crippen molar-refractivity contribution >= 4 is 16.0 Å². The van der Waals surface area contributed by atoms with Gasteiger partial charge in [0.05, 0.1) is 4.90 Å². The van der Waals surface area contributed by atoms with Crippen LogP contribution in [0, 0.1) is 0 Å². The highest BCUT2D eigenvalue weighted by atomic mass is 32.2. The van der Waals surface area contributed by atoms with E-state index in [0.717, 1.165) is 0 Å². The Bertz CT molecular complexity index is 897. The highest BCUT2D eigenvalue weighted by Crippen LogP contribution is 2.21. The average Bonchev–Trinajstić information content (AvgIpc) is 2.55. The number of carboxylic acids is 1. The minimum atomic E-state index is -3.54. The monoisotopic (exact) mass is 350 g/mol. The van der Waals surface area contributed by atoms with Gasteiger partial charge in [0.2, 0.25) is 10.0 Å². The summed E-state index contributed by atoms with van der Waals surface area (Å²) in [6.45, 7) is 4.30. The largest absolute Gasteiger partial charge is 0.477 e. The molecule has 1 aromatic carbocycles. The first-order valence-electron chi connectivity index (χ1n) is 7.38. The molecule has 0 saturated heterocycles. The first kappa shape index (κ1) is 17.9. The van der Waals surface area contributed by atoms with Gasteiger partial charge < -0.3 is 10.1 Å². The van der Waals surface area contributed by atoms with E-state index in [4.69, 9.17) is 5.11 Å². The van der Waals surface area contributed by atoms with Gasteiger partial charge in [0.1, 0.15) is 5.56 Å². The zero-order valence-corrected chi connectivity index (χ0v) is 14.1. The molecule has 0 aliphatic heterocycles. The van der Waals surface area contributed by atoms with Crippen LogP contribution in [0.25, 0.3) is 11.3 Å². The molecule has 0 aliphatic rings. The molecule has 2 rings (SSSR count). The fraction of sp³-hybridized carbons (Fsp3) is 0.250. The Morgan fingerprint density at radius 3 is 2.12 bits per heavy atom. The molecule has 24 heavy (non-hydrogen) atoms. The lowest BCUT2D eigenvalue weighted by molar-refractivity contribution is 0.0695. The number of nitrogens with zero attached hydrogens (tertiary/aromatic N) is 1. The number of aromatic carboxylic acids is 1. The van der Waals surface area contributed by atoms with Crippen LogP contribution in [0.1, 0.15) is 24.2 Å². The van der Waals surface area contributed by atoms with Crippen LogP contribution in [0.3, 0.4) is 0 Å². The summed E-state index contributed by atoms with van der Waals surface area (Å²) in [5, 5.41) is 8.86. The molecule has 8 heteroatoms. The Hall–Kier alpha value is -2.45. The van der Waals surface area contributed by atoms with Crippen molar-refractivity contribution < 1.29 is 18.3 Å². The zero-order chi connectivity index (χ0) is 17.9. The van der Waals surface area contributed by atoms with Crippen molar-refractivity contribution in [3.05, 3.63) is 52.3 Å². The molecule has 128 valence electrons. The van der Waals surface area contributed by atoms with Crippen LogP contribution >= 0.6 is 0 Å². The van der Waals surface area contributed by atoms with E-state index in [0.29, 0.717) is 24.3 Å². The summed E-state index contributed by atoms with van der Waals surface area (Å²) in [7, 11) is -3.54. The van der Waals surface area contributed by atoms with Gasteiger partial charge in [0.15, 0.2) is 0 Å². The third-order valence-corrected chi connectivity index (χ3v) is 5.71. The van der Waals surface area contributed by atoms with E-state index in [1.54, 1.807) is 26.0 Å². The maximum absolute atomic E-state index is 12.4. The standard InChI is InChI=1S/C16H18N2O5S/c1-3-18(4-2)24(22,23)12-7-5-11(6-8-12)14-10-9-13(16(20)21)15(19)17-14/h5-10H,3-4H2,1-2H3,(H,17,19)(H,20,21). The van der Waals surface area contributed by atoms with Crippen LogP contribution in [0.4, 0.5) is 0 Å². The average molecular weight is 350 g/mol. The molecule has 0 fully saturated rings. The molecule has 0 radical (unpaired) electrons. The number of H-pyrrole nitrogens is 1. The summed E-state index contributed by atoms with van der Waals surface area (Å²) in [6.07, 6.45) is 0. The third kappa shape index (κ3) is 3.39. The highest BCUT2D eigenvalue weighted by Gasteiger charge is 2.21. The smallest absolute Gasteiger partial charge is 0.341 e. The lowest BCUT2D eigenvalue weighted by Crippen LogP contribution is -2.30. The Labute approximate surface area is 139 Å². The molecule has 0 amide bonds. The lowest BCUT2D eigenvalue weighted by Gasteiger charge is -2.18. The van der Waals surface area contributed by atoms with Crippen LogP contribution in [0.2, 0.25) is 0 Å². The van der Waals surface area contributed by atoms with Gasteiger partial charge >= 0.3 is 5.97 Å². The van der Waals surface area contributed by atoms with Crippen LogP contribution in [0.5, 0.6) is 0 Å². The number of carboxylic acid groups (broad SMARTS) is 1. The molecule has 1 aromatic heterocycles. The number of aromatic amines is 1. The molecule has 0 saturated carbocycles. The minimum absolute atomic E-state index is 0.166. The Morgan fingerprint density at radius 2 is 1.67 bits per heavy atom. The van der Waals surface area contributed by atoms with E-state index in [2.05, 4.69) is 4.98 Å². The van der Waals surface area contributed by atoms with E-state index in [-0.39, 0.29) is 10.5 Å². The van der Waals surface area contributed by atoms with Crippen molar-refractivity contribution in [1.82, 2.24) is 9.29 Å². The van der Waals surface area contributed by atoms with Crippen molar-refractivity contribution in [1.29, 1.82) is 0 Å². The Kier molecular flexibility index (Phi) is 5.20. The van der Waals surface area contributed by atoms with Gasteiger partial charge in [-0.1, -0.05) is 26.0 Å². The second-order valence-electron chi connectivity index (χ2n) is 5.03. The second kappa shape index (κ2) is 6.98. The molecule has 0 aliphatic carbocycles. The maximum atomic E-state index is 12.4. The molecule has 1 heterocycles. The molecule has 0 atom stereocenters. The van der Waals surface area contributed by atoms with Gasteiger partial charge in [-0.25, -0.2) is 13.2 Å². The molecule has 2 N–H and O–H groups in total. The van der Waals surface area contributed by atoms with Crippen LogP contribution < -0.4 is 5.56 Å². The number of nitrogens with one attached hydrogen (secondary N) is 1. The fourth-order valence-electron chi connectivity index (χ4n) is 2.33. The molecule has 7 nitrogen and oxygen atoms in total. The summed E-state index contributed by atoms with van der Waals surface area (Å²) in [5.41, 5.74) is -0.0568. The predicted octanol–water partition coefficient (Wildman–Crippen LogP) is 1.77. The Morgan fingerprint density at radius 1 is 1.08 bits per heavy atom. The zero-order valence-electron chi connectivity index (χ0n) is 13.3. The third-order valence-electron chi connectivity index (χ3n) is 3.65. The maximum Gasteiger partial charge on any atom is 0.341 e. The van der Waals surface area contributed by atoms with Crippen molar-refractivity contribution in [2.45, 2.75) is 18.7 Å². The second-order valence-corrected chi connectivity index (χ2v) is 6.97. The number of carbonyl (C=O) groups is 1. The molecule has 0 unspecified atom stereocenters. The van der Waals surface area contributed by atoms with E-state index >= 15 is 0 Å². The number of aromatic nitrogens is 1. The van der Waals surface area contributed by atoms with Crippen molar-refractivity contribution in [2.75, 3.05) is 13.1 Å². The molecular weight excluding hydrogens is 332 g/mol. The number of hydrogen-bond donors (Lipinski definition) is 2. The summed E-state index contributed by atoms with van der Waals surface area (Å²) in [4.78, 5) is 25.2. The van der Waals surface area contributed by atoms with Crippen LogP contribution in [0.15, 0.2) is 46.1 Å². The number of benzene rings is 1. The molecule has 2 aromatic rings. The molecular formula is C16H18N2O5S. The van der Waals surface area contributed by atoms with Crippen molar-refractivity contribution in [3.63, 3.8) is 0 Å². The van der Waals surface area contributed by atoms with Gasteiger partial charge in [0, 0.05) is 18.8 Å². The topological polar surface area (TPSA) is 108 Å². The van der Waals surface area contributed by atoms with Gasteiger partial charge in [-0.2, -0.15) is 4.31 Å². The normalized spacial score (nSPS) is 11.6. The van der Waals surface area contributed by atoms with Crippen molar-refractivity contribution in [2.24, 2.45) is 0 Å². The first-order valence-corrected chi connectivity index (χ1v) is 8.82. The van der Waals surface area contributed by atoms with Crippen LogP contribution in [-0.4, -0.2) is 41.9 Å². The quantitative estimate of drug-likeness (QED) is 0.825. The van der Waals surface area contributed by atoms with E-state index < -0.39 is 21.6 Å². The number of pyridine rings is 1. The van der Waals surface area contributed by atoms with Gasteiger partial charge in [0.25, 0.3) is 5.56 Å². The van der Waals surface area contributed by atoms with E-state index in [1.165, 1.54) is 28.6 Å². The van der Waals surface area contributed by atoms with Gasteiger partial charge in [-0.15, -0.1) is 0 Å². The summed E-state index contributed by atoms with van der Waals surface area (Å²) >= 11 is 0. The summed E-state index contributed by atoms with van der Waals surface area (Å²) in [6, 6.07) is 8.76. The fourth-order valence-corrected chi connectivity index (χ4v) is 3.79. The predicted molar refractivity (Wildman–Crippen MR) is 89.6 cm³/mol. The van der Waals surface area contributed by atoms with E-state index in [9.17, 15) is 18.0 Å². The lowest BCUT2D eigenvalue weighted by atomic mass is 10.1.